The van der Waals surface area contributed by atoms with E-state index in [-0.39, 0.29) is 11.6 Å². The Bertz CT molecular complexity index is 864. The van der Waals surface area contributed by atoms with Crippen molar-refractivity contribution in [3.05, 3.63) is 33.2 Å². The zero-order chi connectivity index (χ0) is 18.1. The first-order valence-corrected chi connectivity index (χ1v) is 9.91. The van der Waals surface area contributed by atoms with E-state index in [0.29, 0.717) is 24.9 Å². The molecule has 1 amide bonds. The van der Waals surface area contributed by atoms with E-state index in [1.807, 2.05) is 4.90 Å². The Morgan fingerprint density at radius 1 is 1.38 bits per heavy atom. The minimum absolute atomic E-state index is 0.0445. The van der Waals surface area contributed by atoms with Gasteiger partial charge < -0.3 is 10.1 Å². The first-order chi connectivity index (χ1) is 12.6. The van der Waals surface area contributed by atoms with E-state index in [1.165, 1.54) is 17.4 Å². The second-order valence-corrected chi connectivity index (χ2v) is 8.05. The lowest BCUT2D eigenvalue weighted by molar-refractivity contribution is -0.384. The average Bonchev–Trinajstić information content (AvgIpc) is 3.04. The highest BCUT2D eigenvalue weighted by molar-refractivity contribution is 7.98. The zero-order valence-electron chi connectivity index (χ0n) is 13.8. The molecular formula is C16H16N4O4S2. The molecule has 0 aliphatic carbocycles. The van der Waals surface area contributed by atoms with Crippen molar-refractivity contribution in [1.29, 1.82) is 0 Å². The SMILES string of the molecule is O=C(CN1CCOCC1)Nc1nc2c(s1)CSc1ccc([N+](=O)[O-])cc1-2. The third-order valence-electron chi connectivity index (χ3n) is 4.20. The number of hydrogen-bond donors (Lipinski definition) is 1. The Labute approximate surface area is 157 Å². The van der Waals surface area contributed by atoms with Gasteiger partial charge >= 0.3 is 0 Å². The molecule has 1 aromatic heterocycles. The number of nitrogens with one attached hydrogen (secondary N) is 1. The Kier molecular flexibility index (Phi) is 4.90. The van der Waals surface area contributed by atoms with E-state index in [0.717, 1.165) is 39.9 Å². The molecule has 26 heavy (non-hydrogen) atoms. The highest BCUT2D eigenvalue weighted by atomic mass is 32.2. The summed E-state index contributed by atoms with van der Waals surface area (Å²) >= 11 is 3.05. The van der Waals surface area contributed by atoms with E-state index < -0.39 is 4.92 Å². The monoisotopic (exact) mass is 392 g/mol. The summed E-state index contributed by atoms with van der Waals surface area (Å²) in [6.45, 7) is 3.09. The Morgan fingerprint density at radius 2 is 2.19 bits per heavy atom. The number of thioether (sulfide) groups is 1. The van der Waals surface area contributed by atoms with Gasteiger partial charge in [-0.1, -0.05) is 0 Å². The van der Waals surface area contributed by atoms with Crippen molar-refractivity contribution in [2.75, 3.05) is 38.2 Å². The highest BCUT2D eigenvalue weighted by Crippen LogP contribution is 2.45. The summed E-state index contributed by atoms with van der Waals surface area (Å²) in [7, 11) is 0. The molecule has 0 saturated carbocycles. The predicted octanol–water partition coefficient (Wildman–Crippen LogP) is 2.59. The number of thiazole rings is 1. The molecular weight excluding hydrogens is 376 g/mol. The van der Waals surface area contributed by atoms with Crippen LogP contribution in [0.15, 0.2) is 23.1 Å². The molecule has 0 atom stereocenters. The topological polar surface area (TPSA) is 97.6 Å². The van der Waals surface area contributed by atoms with Crippen LogP contribution in [0.2, 0.25) is 0 Å². The molecule has 1 N–H and O–H groups in total. The first kappa shape index (κ1) is 17.4. The zero-order valence-corrected chi connectivity index (χ0v) is 15.4. The molecule has 0 spiro atoms. The smallest absolute Gasteiger partial charge is 0.270 e. The molecule has 1 saturated heterocycles. The minimum atomic E-state index is -0.406. The van der Waals surface area contributed by atoms with Crippen LogP contribution in [0.25, 0.3) is 11.3 Å². The lowest BCUT2D eigenvalue weighted by Gasteiger charge is -2.25. The number of amides is 1. The Balaban J connectivity index is 1.52. The van der Waals surface area contributed by atoms with Crippen molar-refractivity contribution in [2.24, 2.45) is 0 Å². The number of carbonyl (C=O) groups is 1. The van der Waals surface area contributed by atoms with Crippen LogP contribution in [0.1, 0.15) is 4.88 Å². The van der Waals surface area contributed by atoms with Gasteiger partial charge in [-0.2, -0.15) is 0 Å². The fourth-order valence-corrected chi connectivity index (χ4v) is 5.02. The number of aromatic nitrogens is 1. The number of nitro benzene ring substituents is 1. The summed E-state index contributed by atoms with van der Waals surface area (Å²) in [6, 6.07) is 4.82. The quantitative estimate of drug-likeness (QED) is 0.631. The van der Waals surface area contributed by atoms with Gasteiger partial charge in [-0.3, -0.25) is 19.8 Å². The summed E-state index contributed by atoms with van der Waals surface area (Å²) in [6.07, 6.45) is 0. The van der Waals surface area contributed by atoms with Crippen molar-refractivity contribution >= 4 is 39.8 Å². The van der Waals surface area contributed by atoms with Gasteiger partial charge in [-0.15, -0.1) is 23.1 Å². The maximum atomic E-state index is 12.3. The van der Waals surface area contributed by atoms with E-state index >= 15 is 0 Å². The van der Waals surface area contributed by atoms with E-state index in [9.17, 15) is 14.9 Å². The summed E-state index contributed by atoms with van der Waals surface area (Å²) in [5, 5.41) is 14.4. The van der Waals surface area contributed by atoms with E-state index in [4.69, 9.17) is 4.74 Å². The van der Waals surface area contributed by atoms with Crippen LogP contribution in [0.4, 0.5) is 10.8 Å². The van der Waals surface area contributed by atoms with Gasteiger partial charge in [0.15, 0.2) is 5.13 Å². The number of nitrogens with zero attached hydrogens (tertiary/aromatic N) is 3. The number of anilines is 1. The second-order valence-electron chi connectivity index (χ2n) is 5.95. The molecule has 0 bridgehead atoms. The lowest BCUT2D eigenvalue weighted by Crippen LogP contribution is -2.41. The van der Waals surface area contributed by atoms with Crippen LogP contribution in [0.3, 0.4) is 0 Å². The fraction of sp³-hybridized carbons (Fsp3) is 0.375. The summed E-state index contributed by atoms with van der Waals surface area (Å²) in [5.74, 6) is 0.641. The van der Waals surface area contributed by atoms with Crippen molar-refractivity contribution in [2.45, 2.75) is 10.6 Å². The van der Waals surface area contributed by atoms with Crippen LogP contribution >= 0.6 is 23.1 Å². The van der Waals surface area contributed by atoms with E-state index in [1.54, 1.807) is 23.9 Å². The summed E-state index contributed by atoms with van der Waals surface area (Å²) in [5.41, 5.74) is 1.53. The molecule has 136 valence electrons. The van der Waals surface area contributed by atoms with Crippen LogP contribution in [-0.2, 0) is 15.3 Å². The Morgan fingerprint density at radius 3 is 2.96 bits per heavy atom. The Hall–Kier alpha value is -2.01. The van der Waals surface area contributed by atoms with Gasteiger partial charge in [0, 0.05) is 46.3 Å². The number of rotatable bonds is 4. The maximum absolute atomic E-state index is 12.3. The number of non-ortho nitro benzene ring substituents is 1. The normalized spacial score (nSPS) is 16.6. The first-order valence-electron chi connectivity index (χ1n) is 8.11. The van der Waals surface area contributed by atoms with Gasteiger partial charge in [0.2, 0.25) is 5.91 Å². The molecule has 2 aromatic rings. The molecule has 0 unspecified atom stereocenters. The fourth-order valence-electron chi connectivity index (χ4n) is 2.92. The number of carbonyl (C=O) groups excluding carboxylic acids is 1. The third-order valence-corrected chi connectivity index (χ3v) is 6.46. The minimum Gasteiger partial charge on any atom is -0.379 e. The summed E-state index contributed by atoms with van der Waals surface area (Å²) < 4.78 is 5.28. The average molecular weight is 392 g/mol. The molecule has 2 aliphatic rings. The van der Waals surface area contributed by atoms with Crippen LogP contribution in [-0.4, -0.2) is 53.6 Å². The van der Waals surface area contributed by atoms with Gasteiger partial charge in [0.25, 0.3) is 5.69 Å². The van der Waals surface area contributed by atoms with Gasteiger partial charge in [-0.25, -0.2) is 4.98 Å². The number of benzene rings is 1. The van der Waals surface area contributed by atoms with Crippen molar-refractivity contribution in [3.8, 4) is 11.3 Å². The predicted molar refractivity (Wildman–Crippen MR) is 99.7 cm³/mol. The maximum Gasteiger partial charge on any atom is 0.270 e. The number of nitro groups is 1. The number of hydrogen-bond acceptors (Lipinski definition) is 8. The molecule has 1 aromatic carbocycles. The van der Waals surface area contributed by atoms with Gasteiger partial charge in [-0.05, 0) is 6.07 Å². The van der Waals surface area contributed by atoms with Crippen molar-refractivity contribution in [1.82, 2.24) is 9.88 Å². The molecule has 10 heteroatoms. The molecule has 2 aliphatic heterocycles. The lowest BCUT2D eigenvalue weighted by atomic mass is 10.1. The molecule has 1 fully saturated rings. The largest absolute Gasteiger partial charge is 0.379 e. The van der Waals surface area contributed by atoms with Crippen LogP contribution < -0.4 is 5.32 Å². The summed E-state index contributed by atoms with van der Waals surface area (Å²) in [4.78, 5) is 31.5. The van der Waals surface area contributed by atoms with Crippen molar-refractivity contribution < 1.29 is 14.5 Å². The standard InChI is InChI=1S/C16H16N4O4S2/c21-14(8-19-3-5-24-6-4-19)17-16-18-15-11-7-10(20(22)23)1-2-12(11)25-9-13(15)26-16/h1-2,7H,3-6,8-9H2,(H,17,18,21). The molecule has 8 nitrogen and oxygen atoms in total. The molecule has 4 rings (SSSR count). The number of morpholine rings is 1. The number of fused-ring (bicyclic) bond motifs is 3. The van der Waals surface area contributed by atoms with Gasteiger partial charge in [0.05, 0.1) is 30.4 Å². The second kappa shape index (κ2) is 7.31. The van der Waals surface area contributed by atoms with Crippen LogP contribution in [0, 0.1) is 10.1 Å². The highest BCUT2D eigenvalue weighted by Gasteiger charge is 2.24. The van der Waals surface area contributed by atoms with Gasteiger partial charge in [0.1, 0.15) is 0 Å². The number of ether oxygens (including phenoxy) is 1. The van der Waals surface area contributed by atoms with Crippen molar-refractivity contribution in [3.63, 3.8) is 0 Å². The third kappa shape index (κ3) is 3.58. The van der Waals surface area contributed by atoms with E-state index in [2.05, 4.69) is 10.3 Å². The molecule has 3 heterocycles. The van der Waals surface area contributed by atoms with Crippen LogP contribution in [0.5, 0.6) is 0 Å². The molecule has 0 radical (unpaired) electrons.